The first kappa shape index (κ1) is 17.1. The van der Waals surface area contributed by atoms with Crippen molar-refractivity contribution >= 4 is 39.1 Å². The standard InChI is InChI=1S/C17H13BrClN3O/c18-16-7-2-1-4-12(16)10-21-11-13(9-20)17(23)22-15-6-3-5-14(19)8-15/h1-8,11,21H,10H2,(H,22,23)/b13-11-. The molecule has 2 aromatic carbocycles. The lowest BCUT2D eigenvalue weighted by molar-refractivity contribution is -0.112. The number of halogens is 2. The van der Waals surface area contributed by atoms with E-state index in [0.717, 1.165) is 10.0 Å². The van der Waals surface area contributed by atoms with Crippen LogP contribution in [0.25, 0.3) is 0 Å². The van der Waals surface area contributed by atoms with E-state index in [0.29, 0.717) is 17.3 Å². The normalized spacial score (nSPS) is 10.7. The van der Waals surface area contributed by atoms with Crippen LogP contribution in [-0.4, -0.2) is 5.91 Å². The third-order valence-electron chi connectivity index (χ3n) is 2.94. The molecule has 0 saturated carbocycles. The Hall–Kier alpha value is -2.29. The van der Waals surface area contributed by atoms with Crippen molar-refractivity contribution in [1.29, 1.82) is 5.26 Å². The van der Waals surface area contributed by atoms with Crippen molar-refractivity contribution < 1.29 is 4.79 Å². The number of nitriles is 1. The predicted octanol–water partition coefficient (Wildman–Crippen LogP) is 4.24. The van der Waals surface area contributed by atoms with Crippen LogP contribution in [0.15, 0.2) is 64.8 Å². The van der Waals surface area contributed by atoms with Gasteiger partial charge in [-0.1, -0.05) is 51.8 Å². The Morgan fingerprint density at radius 1 is 1.26 bits per heavy atom. The summed E-state index contributed by atoms with van der Waals surface area (Å²) in [6.07, 6.45) is 1.40. The number of hydrogen-bond acceptors (Lipinski definition) is 3. The Labute approximate surface area is 147 Å². The molecule has 0 saturated heterocycles. The number of nitrogens with one attached hydrogen (secondary N) is 2. The van der Waals surface area contributed by atoms with Crippen LogP contribution in [-0.2, 0) is 11.3 Å². The van der Waals surface area contributed by atoms with E-state index in [9.17, 15) is 4.79 Å². The van der Waals surface area contributed by atoms with Crippen LogP contribution in [0.2, 0.25) is 5.02 Å². The van der Waals surface area contributed by atoms with Crippen LogP contribution >= 0.6 is 27.5 Å². The highest BCUT2D eigenvalue weighted by molar-refractivity contribution is 9.10. The Kier molecular flexibility index (Phi) is 6.21. The monoisotopic (exact) mass is 389 g/mol. The molecule has 4 nitrogen and oxygen atoms in total. The number of carbonyl (C=O) groups is 1. The van der Waals surface area contributed by atoms with Gasteiger partial charge in [0.15, 0.2) is 0 Å². The molecule has 2 N–H and O–H groups in total. The summed E-state index contributed by atoms with van der Waals surface area (Å²) in [6, 6.07) is 16.3. The number of anilines is 1. The molecule has 0 bridgehead atoms. The first-order valence-electron chi connectivity index (χ1n) is 6.74. The fourth-order valence-corrected chi connectivity index (χ4v) is 2.43. The smallest absolute Gasteiger partial charge is 0.267 e. The van der Waals surface area contributed by atoms with Crippen LogP contribution in [0.4, 0.5) is 5.69 Å². The summed E-state index contributed by atoms with van der Waals surface area (Å²) < 4.78 is 0.961. The lowest BCUT2D eigenvalue weighted by Crippen LogP contribution is -2.16. The van der Waals surface area contributed by atoms with E-state index in [1.165, 1.54) is 6.20 Å². The highest BCUT2D eigenvalue weighted by atomic mass is 79.9. The molecule has 0 aliphatic carbocycles. The zero-order valence-electron chi connectivity index (χ0n) is 12.0. The van der Waals surface area contributed by atoms with Crippen molar-refractivity contribution in [2.24, 2.45) is 0 Å². The summed E-state index contributed by atoms with van der Waals surface area (Å²) in [5, 5.41) is 15.2. The number of hydrogen-bond donors (Lipinski definition) is 2. The van der Waals surface area contributed by atoms with Crippen molar-refractivity contribution in [3.63, 3.8) is 0 Å². The third kappa shape index (κ3) is 5.13. The Morgan fingerprint density at radius 2 is 2.04 bits per heavy atom. The quantitative estimate of drug-likeness (QED) is 0.593. The second-order valence-corrected chi connectivity index (χ2v) is 5.90. The van der Waals surface area contributed by atoms with Gasteiger partial charge in [-0.3, -0.25) is 4.79 Å². The number of benzene rings is 2. The molecule has 0 atom stereocenters. The van der Waals surface area contributed by atoms with Crippen LogP contribution < -0.4 is 10.6 Å². The second-order valence-electron chi connectivity index (χ2n) is 4.61. The molecule has 0 aliphatic heterocycles. The molecule has 0 heterocycles. The maximum absolute atomic E-state index is 12.1. The van der Waals surface area contributed by atoms with E-state index in [4.69, 9.17) is 16.9 Å². The number of carbonyl (C=O) groups excluding carboxylic acids is 1. The lowest BCUT2D eigenvalue weighted by atomic mass is 10.2. The van der Waals surface area contributed by atoms with Crippen molar-refractivity contribution in [2.75, 3.05) is 5.32 Å². The summed E-state index contributed by atoms with van der Waals surface area (Å²) in [5.41, 5.74) is 1.54. The van der Waals surface area contributed by atoms with E-state index in [1.807, 2.05) is 30.3 Å². The van der Waals surface area contributed by atoms with Crippen molar-refractivity contribution in [2.45, 2.75) is 6.54 Å². The summed E-state index contributed by atoms with van der Waals surface area (Å²) in [7, 11) is 0. The minimum atomic E-state index is -0.491. The third-order valence-corrected chi connectivity index (χ3v) is 3.95. The molecule has 116 valence electrons. The van der Waals surface area contributed by atoms with Gasteiger partial charge in [0.1, 0.15) is 11.6 Å². The predicted molar refractivity (Wildman–Crippen MR) is 94.8 cm³/mol. The first-order valence-corrected chi connectivity index (χ1v) is 7.91. The maximum Gasteiger partial charge on any atom is 0.267 e. The molecule has 23 heavy (non-hydrogen) atoms. The minimum absolute atomic E-state index is 0.0166. The maximum atomic E-state index is 12.1. The van der Waals surface area contributed by atoms with E-state index in [-0.39, 0.29) is 5.57 Å². The summed E-state index contributed by atoms with van der Waals surface area (Å²) in [5.74, 6) is -0.491. The molecule has 0 fully saturated rings. The topological polar surface area (TPSA) is 64.9 Å². The highest BCUT2D eigenvalue weighted by Gasteiger charge is 2.09. The van der Waals surface area contributed by atoms with Gasteiger partial charge in [-0.05, 0) is 29.8 Å². The van der Waals surface area contributed by atoms with E-state index < -0.39 is 5.91 Å². The van der Waals surface area contributed by atoms with Gasteiger partial charge >= 0.3 is 0 Å². The Morgan fingerprint density at radius 3 is 2.74 bits per heavy atom. The van der Waals surface area contributed by atoms with Gasteiger partial charge in [0.05, 0.1) is 0 Å². The summed E-state index contributed by atoms with van der Waals surface area (Å²) in [4.78, 5) is 12.1. The summed E-state index contributed by atoms with van der Waals surface area (Å²) in [6.45, 7) is 0.497. The highest BCUT2D eigenvalue weighted by Crippen LogP contribution is 2.16. The number of rotatable bonds is 5. The van der Waals surface area contributed by atoms with Gasteiger partial charge in [0, 0.05) is 27.9 Å². The lowest BCUT2D eigenvalue weighted by Gasteiger charge is -2.06. The van der Waals surface area contributed by atoms with E-state index in [2.05, 4.69) is 26.6 Å². The van der Waals surface area contributed by atoms with Crippen LogP contribution in [0.3, 0.4) is 0 Å². The number of nitrogens with zero attached hydrogens (tertiary/aromatic N) is 1. The van der Waals surface area contributed by atoms with Gasteiger partial charge < -0.3 is 10.6 Å². The average molecular weight is 391 g/mol. The minimum Gasteiger partial charge on any atom is -0.386 e. The molecule has 0 aliphatic rings. The SMILES string of the molecule is N#C/C(=C/NCc1ccccc1Br)C(=O)Nc1cccc(Cl)c1. The van der Waals surface area contributed by atoms with E-state index >= 15 is 0 Å². The number of amides is 1. The second kappa shape index (κ2) is 8.37. The van der Waals surface area contributed by atoms with Gasteiger partial charge in [0.25, 0.3) is 5.91 Å². The Balaban J connectivity index is 2.00. The van der Waals surface area contributed by atoms with Gasteiger partial charge in [-0.15, -0.1) is 0 Å². The van der Waals surface area contributed by atoms with Gasteiger partial charge in [-0.25, -0.2) is 0 Å². The fourth-order valence-electron chi connectivity index (χ4n) is 1.82. The molecular formula is C17H13BrClN3O. The van der Waals surface area contributed by atoms with Crippen molar-refractivity contribution in [3.05, 3.63) is 75.4 Å². The van der Waals surface area contributed by atoms with Crippen molar-refractivity contribution in [3.8, 4) is 6.07 Å². The Bertz CT molecular complexity index is 783. The van der Waals surface area contributed by atoms with Crippen LogP contribution in [0.1, 0.15) is 5.56 Å². The van der Waals surface area contributed by atoms with Gasteiger partial charge in [0.2, 0.25) is 0 Å². The largest absolute Gasteiger partial charge is 0.386 e. The molecule has 0 unspecified atom stereocenters. The zero-order chi connectivity index (χ0) is 16.7. The molecule has 0 spiro atoms. The molecule has 1 amide bonds. The molecule has 6 heteroatoms. The van der Waals surface area contributed by atoms with Gasteiger partial charge in [-0.2, -0.15) is 5.26 Å². The molecule has 0 aromatic heterocycles. The molecule has 0 radical (unpaired) electrons. The molecule has 2 rings (SSSR count). The van der Waals surface area contributed by atoms with E-state index in [1.54, 1.807) is 24.3 Å². The van der Waals surface area contributed by atoms with Crippen molar-refractivity contribution in [1.82, 2.24) is 5.32 Å². The fraction of sp³-hybridized carbons (Fsp3) is 0.0588. The average Bonchev–Trinajstić information content (AvgIpc) is 2.53. The summed E-state index contributed by atoms with van der Waals surface area (Å²) >= 11 is 9.30. The molecular weight excluding hydrogens is 378 g/mol. The zero-order valence-corrected chi connectivity index (χ0v) is 14.4. The van der Waals surface area contributed by atoms with Crippen LogP contribution in [0, 0.1) is 11.3 Å². The van der Waals surface area contributed by atoms with Crippen LogP contribution in [0.5, 0.6) is 0 Å². The molecule has 2 aromatic rings. The first-order chi connectivity index (χ1) is 11.1.